The van der Waals surface area contributed by atoms with E-state index < -0.39 is 34.1 Å². The monoisotopic (exact) mass is 617 g/mol. The minimum atomic E-state index is -3.87. The van der Waals surface area contributed by atoms with Crippen LogP contribution in [0.3, 0.4) is 0 Å². The van der Waals surface area contributed by atoms with Crippen LogP contribution >= 0.6 is 23.2 Å². The summed E-state index contributed by atoms with van der Waals surface area (Å²) in [5.41, 5.74) is 2.77. The Kier molecular flexibility index (Phi) is 10.5. The largest absolute Gasteiger partial charge is 0.350 e. The van der Waals surface area contributed by atoms with Gasteiger partial charge in [-0.15, -0.1) is 0 Å². The molecule has 0 aliphatic rings. The SMILES string of the molecule is Cc1ccc(N(CC(=O)N(Cc2c(Cl)cccc2Cl)[C@@H](Cc2ccccc2)C(=O)NC(C)(C)C)S(C)(=O)=O)c(C)c1. The zero-order valence-electron chi connectivity index (χ0n) is 24.2. The Labute approximate surface area is 253 Å². The van der Waals surface area contributed by atoms with Gasteiger partial charge >= 0.3 is 0 Å². The molecular formula is C31H37Cl2N3O4S. The Morgan fingerprint density at radius 3 is 2.07 bits per heavy atom. The molecular weight excluding hydrogens is 581 g/mol. The summed E-state index contributed by atoms with van der Waals surface area (Å²) in [5, 5.41) is 3.66. The predicted molar refractivity (Wildman–Crippen MR) is 167 cm³/mol. The summed E-state index contributed by atoms with van der Waals surface area (Å²) >= 11 is 13.0. The lowest BCUT2D eigenvalue weighted by Gasteiger charge is -2.35. The molecule has 0 heterocycles. The fraction of sp³-hybridized carbons (Fsp3) is 0.355. The maximum atomic E-state index is 14.2. The quantitative estimate of drug-likeness (QED) is 0.305. The lowest BCUT2D eigenvalue weighted by atomic mass is 10.0. The van der Waals surface area contributed by atoms with Crippen molar-refractivity contribution in [3.05, 3.63) is 99.0 Å². The number of benzene rings is 3. The van der Waals surface area contributed by atoms with Gasteiger partial charge in [0.2, 0.25) is 21.8 Å². The lowest BCUT2D eigenvalue weighted by molar-refractivity contribution is -0.140. The van der Waals surface area contributed by atoms with Crippen molar-refractivity contribution in [3.8, 4) is 0 Å². The lowest BCUT2D eigenvalue weighted by Crippen LogP contribution is -2.56. The van der Waals surface area contributed by atoms with E-state index in [1.165, 1.54) is 4.90 Å². The summed E-state index contributed by atoms with van der Waals surface area (Å²) in [5.74, 6) is -0.952. The smallest absolute Gasteiger partial charge is 0.244 e. The number of rotatable bonds is 10. The Balaban J connectivity index is 2.14. The van der Waals surface area contributed by atoms with Gasteiger partial charge in [-0.3, -0.25) is 13.9 Å². The van der Waals surface area contributed by atoms with Gasteiger partial charge in [-0.25, -0.2) is 8.42 Å². The summed E-state index contributed by atoms with van der Waals surface area (Å²) in [4.78, 5) is 29.4. The number of nitrogens with zero attached hydrogens (tertiary/aromatic N) is 2. The van der Waals surface area contributed by atoms with E-state index in [9.17, 15) is 18.0 Å². The normalized spacial score (nSPS) is 12.5. The topological polar surface area (TPSA) is 86.8 Å². The molecule has 0 spiro atoms. The van der Waals surface area contributed by atoms with Crippen LogP contribution in [0, 0.1) is 13.8 Å². The van der Waals surface area contributed by atoms with Crippen LogP contribution in [0.4, 0.5) is 5.69 Å². The number of carbonyl (C=O) groups excluding carboxylic acids is 2. The third-order valence-electron chi connectivity index (χ3n) is 6.46. The molecule has 220 valence electrons. The molecule has 3 aromatic carbocycles. The third-order valence-corrected chi connectivity index (χ3v) is 8.29. The highest BCUT2D eigenvalue weighted by Crippen LogP contribution is 2.29. The zero-order chi connectivity index (χ0) is 30.5. The van der Waals surface area contributed by atoms with Crippen molar-refractivity contribution >= 4 is 50.7 Å². The standard InChI is InChI=1S/C31H37Cl2N3O4S/c1-21-15-16-27(22(2)17-21)36(41(6,39)40)20-29(37)35(19-24-25(32)13-10-14-26(24)33)28(30(38)34-31(3,4)5)18-23-11-8-7-9-12-23/h7-17,28H,18-20H2,1-6H3,(H,34,38)/t28-/m0/s1. The summed E-state index contributed by atoms with van der Waals surface area (Å²) in [6.45, 7) is 8.65. The summed E-state index contributed by atoms with van der Waals surface area (Å²) < 4.78 is 27.1. The van der Waals surface area contributed by atoms with Crippen molar-refractivity contribution in [2.24, 2.45) is 0 Å². The molecule has 3 aromatic rings. The summed E-state index contributed by atoms with van der Waals surface area (Å²) in [6, 6.07) is 18.7. The van der Waals surface area contributed by atoms with Crippen molar-refractivity contribution in [1.29, 1.82) is 0 Å². The molecule has 0 fully saturated rings. The van der Waals surface area contributed by atoms with Crippen LogP contribution in [0.1, 0.15) is 43.0 Å². The molecule has 0 aliphatic carbocycles. The van der Waals surface area contributed by atoms with Gasteiger partial charge in [0.15, 0.2) is 0 Å². The molecule has 7 nitrogen and oxygen atoms in total. The second-order valence-electron chi connectivity index (χ2n) is 11.2. The molecule has 0 saturated heterocycles. The molecule has 41 heavy (non-hydrogen) atoms. The molecule has 0 radical (unpaired) electrons. The van der Waals surface area contributed by atoms with E-state index >= 15 is 0 Å². The molecule has 3 rings (SSSR count). The second kappa shape index (κ2) is 13.3. The number of amides is 2. The fourth-order valence-electron chi connectivity index (χ4n) is 4.54. The van der Waals surface area contributed by atoms with Crippen molar-refractivity contribution in [2.75, 3.05) is 17.1 Å². The van der Waals surface area contributed by atoms with Crippen LogP contribution in [0.25, 0.3) is 0 Å². The Morgan fingerprint density at radius 1 is 0.927 bits per heavy atom. The van der Waals surface area contributed by atoms with Gasteiger partial charge < -0.3 is 10.2 Å². The number of anilines is 1. The number of aryl methyl sites for hydroxylation is 2. The van der Waals surface area contributed by atoms with Gasteiger partial charge in [-0.1, -0.05) is 77.3 Å². The minimum absolute atomic E-state index is 0.100. The van der Waals surface area contributed by atoms with Gasteiger partial charge in [-0.05, 0) is 63.9 Å². The van der Waals surface area contributed by atoms with Crippen molar-refractivity contribution < 1.29 is 18.0 Å². The Morgan fingerprint density at radius 2 is 1.54 bits per heavy atom. The van der Waals surface area contributed by atoms with Crippen LogP contribution in [0.2, 0.25) is 10.0 Å². The first-order chi connectivity index (χ1) is 19.1. The van der Waals surface area contributed by atoms with E-state index in [0.29, 0.717) is 26.9 Å². The van der Waals surface area contributed by atoms with Gasteiger partial charge in [0.1, 0.15) is 12.6 Å². The molecule has 2 amide bonds. The minimum Gasteiger partial charge on any atom is -0.350 e. The van der Waals surface area contributed by atoms with Crippen molar-refractivity contribution in [1.82, 2.24) is 10.2 Å². The summed E-state index contributed by atoms with van der Waals surface area (Å²) in [7, 11) is -3.87. The molecule has 1 atom stereocenters. The molecule has 1 N–H and O–H groups in total. The van der Waals surface area contributed by atoms with E-state index in [1.54, 1.807) is 37.3 Å². The van der Waals surface area contributed by atoms with Crippen molar-refractivity contribution in [3.63, 3.8) is 0 Å². The van der Waals surface area contributed by atoms with E-state index in [-0.39, 0.29) is 18.9 Å². The van der Waals surface area contributed by atoms with E-state index in [2.05, 4.69) is 5.32 Å². The van der Waals surface area contributed by atoms with Crippen molar-refractivity contribution in [2.45, 2.75) is 59.2 Å². The van der Waals surface area contributed by atoms with Gasteiger partial charge in [0.05, 0.1) is 11.9 Å². The van der Waals surface area contributed by atoms with E-state index in [1.807, 2.05) is 64.1 Å². The van der Waals surface area contributed by atoms with Crippen LogP contribution in [0.5, 0.6) is 0 Å². The first-order valence-electron chi connectivity index (χ1n) is 13.2. The maximum absolute atomic E-state index is 14.2. The highest BCUT2D eigenvalue weighted by atomic mass is 35.5. The molecule has 0 aliphatic heterocycles. The number of hydrogen-bond donors (Lipinski definition) is 1. The molecule has 0 saturated carbocycles. The molecule has 0 unspecified atom stereocenters. The fourth-order valence-corrected chi connectivity index (χ4v) is 5.96. The van der Waals surface area contributed by atoms with Crippen LogP contribution in [-0.2, 0) is 32.6 Å². The molecule has 10 heteroatoms. The van der Waals surface area contributed by atoms with Gasteiger partial charge in [0, 0.05) is 34.1 Å². The van der Waals surface area contributed by atoms with Gasteiger partial charge in [0.25, 0.3) is 0 Å². The number of carbonyl (C=O) groups is 2. The maximum Gasteiger partial charge on any atom is 0.244 e. The van der Waals surface area contributed by atoms with Crippen LogP contribution in [-0.4, -0.2) is 49.5 Å². The average molecular weight is 619 g/mol. The first kappa shape index (κ1) is 32.4. The van der Waals surface area contributed by atoms with Crippen LogP contribution < -0.4 is 9.62 Å². The highest BCUT2D eigenvalue weighted by Gasteiger charge is 2.35. The molecule has 0 bridgehead atoms. The number of hydrogen-bond acceptors (Lipinski definition) is 4. The van der Waals surface area contributed by atoms with E-state index in [0.717, 1.165) is 21.7 Å². The Hall–Kier alpha value is -3.07. The predicted octanol–water partition coefficient (Wildman–Crippen LogP) is 5.93. The highest BCUT2D eigenvalue weighted by molar-refractivity contribution is 7.92. The number of nitrogens with one attached hydrogen (secondary N) is 1. The van der Waals surface area contributed by atoms with Crippen LogP contribution in [0.15, 0.2) is 66.7 Å². The number of sulfonamides is 1. The Bertz CT molecular complexity index is 1490. The number of halogens is 2. The zero-order valence-corrected chi connectivity index (χ0v) is 26.6. The molecule has 0 aromatic heterocycles. The summed E-state index contributed by atoms with van der Waals surface area (Å²) in [6.07, 6.45) is 1.25. The van der Waals surface area contributed by atoms with Gasteiger partial charge in [-0.2, -0.15) is 0 Å². The second-order valence-corrected chi connectivity index (χ2v) is 13.9. The average Bonchev–Trinajstić information content (AvgIpc) is 2.85. The first-order valence-corrected chi connectivity index (χ1v) is 15.8. The van der Waals surface area contributed by atoms with E-state index in [4.69, 9.17) is 23.2 Å². The third kappa shape index (κ3) is 8.96.